The molecule has 2 N–H and O–H groups in total. The van der Waals surface area contributed by atoms with E-state index in [9.17, 15) is 14.8 Å². The van der Waals surface area contributed by atoms with Gasteiger partial charge in [0.25, 0.3) is 0 Å². The second-order valence-corrected chi connectivity index (χ2v) is 8.95. The van der Waals surface area contributed by atoms with Crippen LogP contribution < -0.4 is 10.6 Å². The average molecular weight is 352 g/mol. The standard InChI is InChI=1S/C21H21O3P/c22-16-21(23,18-10-4-1-5-11-18)17-25(24,19-12-6-2-7-13-19)20-14-8-3-9-15-20/h1-15,22-23H,16-17H2/t21-/m0/s1. The summed E-state index contributed by atoms with van der Waals surface area (Å²) in [5, 5.41) is 22.4. The van der Waals surface area contributed by atoms with Crippen LogP contribution in [0.2, 0.25) is 0 Å². The quantitative estimate of drug-likeness (QED) is 0.671. The van der Waals surface area contributed by atoms with Crippen molar-refractivity contribution in [1.82, 2.24) is 0 Å². The molecule has 0 aromatic heterocycles. The molecule has 0 unspecified atom stereocenters. The molecule has 3 rings (SSSR count). The zero-order valence-electron chi connectivity index (χ0n) is 13.8. The van der Waals surface area contributed by atoms with Crippen molar-refractivity contribution in [3.63, 3.8) is 0 Å². The second-order valence-electron chi connectivity index (χ2n) is 6.12. The van der Waals surface area contributed by atoms with Gasteiger partial charge in [-0.1, -0.05) is 91.0 Å². The third-order valence-corrected chi connectivity index (χ3v) is 7.64. The Morgan fingerprint density at radius 2 is 1.12 bits per heavy atom. The van der Waals surface area contributed by atoms with Gasteiger partial charge in [0.2, 0.25) is 0 Å². The third kappa shape index (κ3) is 3.59. The summed E-state index contributed by atoms with van der Waals surface area (Å²) in [6, 6.07) is 27.3. The molecule has 0 heterocycles. The molecule has 0 amide bonds. The topological polar surface area (TPSA) is 57.5 Å². The van der Waals surface area contributed by atoms with Gasteiger partial charge in [0, 0.05) is 16.8 Å². The Balaban J connectivity index is 2.12. The fraction of sp³-hybridized carbons (Fsp3) is 0.143. The number of aliphatic hydroxyl groups excluding tert-OH is 1. The lowest BCUT2D eigenvalue weighted by atomic mass is 9.97. The van der Waals surface area contributed by atoms with Gasteiger partial charge in [0.15, 0.2) is 0 Å². The fourth-order valence-corrected chi connectivity index (χ4v) is 6.01. The Morgan fingerprint density at radius 1 is 0.720 bits per heavy atom. The first-order valence-electron chi connectivity index (χ1n) is 8.18. The van der Waals surface area contributed by atoms with Crippen LogP contribution in [0.4, 0.5) is 0 Å². The SMILES string of the molecule is O=P(C[C@@](O)(CO)c1ccccc1)(c1ccccc1)c1ccccc1. The third-order valence-electron chi connectivity index (χ3n) is 4.40. The maximum Gasteiger partial charge on any atom is 0.146 e. The van der Waals surface area contributed by atoms with Crippen molar-refractivity contribution >= 4 is 17.8 Å². The fourth-order valence-electron chi connectivity index (χ4n) is 3.02. The summed E-state index contributed by atoms with van der Waals surface area (Å²) in [7, 11) is -3.14. The summed E-state index contributed by atoms with van der Waals surface area (Å²) in [4.78, 5) is 0. The van der Waals surface area contributed by atoms with Crippen molar-refractivity contribution in [3.05, 3.63) is 96.6 Å². The number of aliphatic hydroxyl groups is 2. The molecule has 4 heteroatoms. The molecule has 0 saturated carbocycles. The van der Waals surface area contributed by atoms with E-state index >= 15 is 0 Å². The van der Waals surface area contributed by atoms with Crippen LogP contribution in [0.25, 0.3) is 0 Å². The van der Waals surface area contributed by atoms with Gasteiger partial charge in [-0.3, -0.25) is 0 Å². The van der Waals surface area contributed by atoms with Crippen LogP contribution in [0.15, 0.2) is 91.0 Å². The normalized spacial score (nSPS) is 14.0. The van der Waals surface area contributed by atoms with Gasteiger partial charge in [0.05, 0.1) is 6.61 Å². The van der Waals surface area contributed by atoms with Crippen LogP contribution in [-0.2, 0) is 10.2 Å². The monoisotopic (exact) mass is 352 g/mol. The van der Waals surface area contributed by atoms with Crippen molar-refractivity contribution in [2.45, 2.75) is 5.60 Å². The highest BCUT2D eigenvalue weighted by Crippen LogP contribution is 2.48. The summed E-state index contributed by atoms with van der Waals surface area (Å²) >= 11 is 0. The van der Waals surface area contributed by atoms with Gasteiger partial charge in [-0.15, -0.1) is 0 Å². The molecule has 0 bridgehead atoms. The first-order chi connectivity index (χ1) is 12.1. The van der Waals surface area contributed by atoms with Gasteiger partial charge in [0.1, 0.15) is 12.7 Å². The average Bonchev–Trinajstić information content (AvgIpc) is 2.70. The van der Waals surface area contributed by atoms with Crippen LogP contribution in [0.5, 0.6) is 0 Å². The molecule has 3 nitrogen and oxygen atoms in total. The zero-order valence-corrected chi connectivity index (χ0v) is 14.7. The first-order valence-corrected chi connectivity index (χ1v) is 10.1. The van der Waals surface area contributed by atoms with Crippen molar-refractivity contribution in [2.75, 3.05) is 12.8 Å². The van der Waals surface area contributed by atoms with E-state index in [0.29, 0.717) is 16.2 Å². The molecule has 0 saturated heterocycles. The Kier molecular flexibility index (Phi) is 5.19. The van der Waals surface area contributed by atoms with E-state index in [-0.39, 0.29) is 6.16 Å². The highest BCUT2D eigenvalue weighted by Gasteiger charge is 2.39. The maximum atomic E-state index is 14.1. The Labute approximate surface area is 148 Å². The van der Waals surface area contributed by atoms with Crippen molar-refractivity contribution in [2.24, 2.45) is 0 Å². The molecule has 0 aliphatic carbocycles. The van der Waals surface area contributed by atoms with Gasteiger partial charge in [-0.25, -0.2) is 0 Å². The van der Waals surface area contributed by atoms with E-state index in [2.05, 4.69) is 0 Å². The molecule has 0 radical (unpaired) electrons. The molecule has 128 valence electrons. The lowest BCUT2D eigenvalue weighted by Gasteiger charge is -2.31. The number of rotatable bonds is 6. The van der Waals surface area contributed by atoms with E-state index in [4.69, 9.17) is 0 Å². The molecule has 25 heavy (non-hydrogen) atoms. The maximum absolute atomic E-state index is 14.1. The molecule has 0 aliphatic rings. The predicted molar refractivity (Wildman–Crippen MR) is 102 cm³/mol. The Hall–Kier alpha value is -2.19. The molecular weight excluding hydrogens is 331 g/mol. The van der Waals surface area contributed by atoms with Crippen LogP contribution in [0, 0.1) is 0 Å². The summed E-state index contributed by atoms with van der Waals surface area (Å²) in [6.07, 6.45) is -0.0610. The van der Waals surface area contributed by atoms with Crippen LogP contribution >= 0.6 is 7.14 Å². The van der Waals surface area contributed by atoms with Gasteiger partial charge >= 0.3 is 0 Å². The van der Waals surface area contributed by atoms with Crippen molar-refractivity contribution in [1.29, 1.82) is 0 Å². The zero-order chi connectivity index (χ0) is 17.8. The van der Waals surface area contributed by atoms with Crippen LogP contribution in [-0.4, -0.2) is 23.0 Å². The van der Waals surface area contributed by atoms with E-state index in [1.807, 2.05) is 66.7 Å². The number of hydrogen-bond donors (Lipinski definition) is 2. The largest absolute Gasteiger partial charge is 0.393 e. The number of benzene rings is 3. The summed E-state index contributed by atoms with van der Waals surface area (Å²) in [5.41, 5.74) is -1.02. The first kappa shape index (κ1) is 17.6. The summed E-state index contributed by atoms with van der Waals surface area (Å²) < 4.78 is 14.1. The number of hydrogen-bond acceptors (Lipinski definition) is 3. The minimum Gasteiger partial charge on any atom is -0.393 e. The Bertz CT molecular complexity index is 807. The molecule has 3 aromatic rings. The molecule has 0 aliphatic heterocycles. The minimum atomic E-state index is -3.14. The molecule has 3 aromatic carbocycles. The van der Waals surface area contributed by atoms with Gasteiger partial charge in [-0.2, -0.15) is 0 Å². The lowest BCUT2D eigenvalue weighted by Crippen LogP contribution is -2.38. The van der Waals surface area contributed by atoms with Gasteiger partial charge < -0.3 is 14.8 Å². The highest BCUT2D eigenvalue weighted by atomic mass is 31.2. The van der Waals surface area contributed by atoms with E-state index in [0.717, 1.165) is 0 Å². The summed E-state index contributed by atoms with van der Waals surface area (Å²) in [5.74, 6) is 0. The lowest BCUT2D eigenvalue weighted by molar-refractivity contribution is 0.000714. The summed E-state index contributed by atoms with van der Waals surface area (Å²) in [6.45, 7) is -0.499. The van der Waals surface area contributed by atoms with Crippen molar-refractivity contribution in [3.8, 4) is 0 Å². The molecular formula is C21H21O3P. The van der Waals surface area contributed by atoms with Gasteiger partial charge in [-0.05, 0) is 5.56 Å². The minimum absolute atomic E-state index is 0.0610. The van der Waals surface area contributed by atoms with E-state index in [1.165, 1.54) is 0 Å². The highest BCUT2D eigenvalue weighted by molar-refractivity contribution is 7.78. The molecule has 0 spiro atoms. The van der Waals surface area contributed by atoms with Crippen LogP contribution in [0.3, 0.4) is 0 Å². The van der Waals surface area contributed by atoms with Crippen LogP contribution in [0.1, 0.15) is 5.56 Å². The smallest absolute Gasteiger partial charge is 0.146 e. The second kappa shape index (κ2) is 7.37. The van der Waals surface area contributed by atoms with Crippen molar-refractivity contribution < 1.29 is 14.8 Å². The van der Waals surface area contributed by atoms with E-state index in [1.54, 1.807) is 24.3 Å². The molecule has 0 fully saturated rings. The van der Waals surface area contributed by atoms with E-state index < -0.39 is 19.3 Å². The Morgan fingerprint density at radius 3 is 1.52 bits per heavy atom. The predicted octanol–water partition coefficient (Wildman–Crippen LogP) is 2.88. The molecule has 1 atom stereocenters.